The Hall–Kier alpha value is -1.14. The molecule has 0 bridgehead atoms. The zero-order chi connectivity index (χ0) is 11.7. The van der Waals surface area contributed by atoms with Gasteiger partial charge in [-0.2, -0.15) is 0 Å². The van der Waals surface area contributed by atoms with Crippen molar-refractivity contribution in [2.75, 3.05) is 5.73 Å². The van der Waals surface area contributed by atoms with Crippen LogP contribution in [0.1, 0.15) is 20.8 Å². The summed E-state index contributed by atoms with van der Waals surface area (Å²) >= 11 is 0. The Labute approximate surface area is 89.8 Å². The standard InChI is InChI=1S/C9H15N3O2S/c1-9(2,3)12-15(13,14)8-5-4-7(10)6-11-8/h4-6,12H,10H2,1-3H3. The summed E-state index contributed by atoms with van der Waals surface area (Å²) in [5.41, 5.74) is 5.33. The molecule has 5 nitrogen and oxygen atoms in total. The summed E-state index contributed by atoms with van der Waals surface area (Å²) in [6.45, 7) is 5.30. The molecule has 1 rings (SSSR count). The summed E-state index contributed by atoms with van der Waals surface area (Å²) in [5.74, 6) is 0. The van der Waals surface area contributed by atoms with Crippen molar-refractivity contribution >= 4 is 15.7 Å². The molecule has 0 radical (unpaired) electrons. The van der Waals surface area contributed by atoms with Crippen molar-refractivity contribution in [2.24, 2.45) is 0 Å². The Morgan fingerprint density at radius 2 is 1.93 bits per heavy atom. The minimum atomic E-state index is -3.55. The molecule has 0 aliphatic heterocycles. The molecule has 0 aromatic carbocycles. The predicted molar refractivity (Wildman–Crippen MR) is 58.7 cm³/mol. The number of pyridine rings is 1. The van der Waals surface area contributed by atoms with E-state index < -0.39 is 15.6 Å². The van der Waals surface area contributed by atoms with E-state index in [1.165, 1.54) is 18.3 Å². The lowest BCUT2D eigenvalue weighted by atomic mass is 10.1. The minimum Gasteiger partial charge on any atom is -0.397 e. The Morgan fingerprint density at radius 1 is 1.33 bits per heavy atom. The largest absolute Gasteiger partial charge is 0.397 e. The van der Waals surface area contributed by atoms with Gasteiger partial charge in [0.2, 0.25) is 0 Å². The van der Waals surface area contributed by atoms with Crippen LogP contribution in [-0.4, -0.2) is 18.9 Å². The molecule has 6 heteroatoms. The second kappa shape index (κ2) is 3.79. The molecule has 0 spiro atoms. The molecule has 84 valence electrons. The van der Waals surface area contributed by atoms with Crippen LogP contribution in [0.15, 0.2) is 23.4 Å². The maximum atomic E-state index is 11.7. The van der Waals surface area contributed by atoms with Gasteiger partial charge in [-0.1, -0.05) is 0 Å². The zero-order valence-corrected chi connectivity index (χ0v) is 9.80. The van der Waals surface area contributed by atoms with E-state index in [0.717, 1.165) is 0 Å². The quantitative estimate of drug-likeness (QED) is 0.783. The van der Waals surface area contributed by atoms with Crippen LogP contribution in [0.25, 0.3) is 0 Å². The lowest BCUT2D eigenvalue weighted by molar-refractivity contribution is 0.489. The maximum absolute atomic E-state index is 11.7. The van der Waals surface area contributed by atoms with Crippen molar-refractivity contribution in [1.29, 1.82) is 0 Å². The SMILES string of the molecule is CC(C)(C)NS(=O)(=O)c1ccc(N)cn1. The van der Waals surface area contributed by atoms with Crippen LogP contribution in [-0.2, 0) is 10.0 Å². The van der Waals surface area contributed by atoms with Gasteiger partial charge in [0, 0.05) is 5.54 Å². The van der Waals surface area contributed by atoms with E-state index in [-0.39, 0.29) is 5.03 Å². The second-order valence-corrected chi connectivity index (χ2v) is 5.91. The Balaban J connectivity index is 3.02. The van der Waals surface area contributed by atoms with Crippen LogP contribution in [0.5, 0.6) is 0 Å². The molecule has 0 amide bonds. The second-order valence-electron chi connectivity index (χ2n) is 4.29. The number of nitrogen functional groups attached to an aromatic ring is 1. The van der Waals surface area contributed by atoms with Crippen LogP contribution in [0.4, 0.5) is 5.69 Å². The number of aromatic nitrogens is 1. The molecule has 0 aliphatic rings. The van der Waals surface area contributed by atoms with E-state index in [4.69, 9.17) is 5.73 Å². The van der Waals surface area contributed by atoms with Crippen molar-refractivity contribution < 1.29 is 8.42 Å². The maximum Gasteiger partial charge on any atom is 0.258 e. The molecule has 15 heavy (non-hydrogen) atoms. The van der Waals surface area contributed by atoms with Crippen LogP contribution in [0.3, 0.4) is 0 Å². The highest BCUT2D eigenvalue weighted by Gasteiger charge is 2.22. The summed E-state index contributed by atoms with van der Waals surface area (Å²) in [6, 6.07) is 2.88. The van der Waals surface area contributed by atoms with E-state index >= 15 is 0 Å². The predicted octanol–water partition coefficient (Wildman–Crippen LogP) is 0.741. The molecule has 3 N–H and O–H groups in total. The van der Waals surface area contributed by atoms with Crippen molar-refractivity contribution in [3.63, 3.8) is 0 Å². The molecular weight excluding hydrogens is 214 g/mol. The molecule has 0 unspecified atom stereocenters. The Kier molecular flexibility index (Phi) is 3.01. The van der Waals surface area contributed by atoms with Gasteiger partial charge in [-0.15, -0.1) is 0 Å². The highest BCUT2D eigenvalue weighted by atomic mass is 32.2. The summed E-state index contributed by atoms with van der Waals surface area (Å²) in [5, 5.41) is -0.0216. The van der Waals surface area contributed by atoms with Crippen LogP contribution in [0, 0.1) is 0 Å². The topological polar surface area (TPSA) is 85.1 Å². The van der Waals surface area contributed by atoms with Gasteiger partial charge in [-0.25, -0.2) is 18.1 Å². The fourth-order valence-corrected chi connectivity index (χ4v) is 2.36. The summed E-state index contributed by atoms with van der Waals surface area (Å²) in [7, 11) is -3.55. The summed E-state index contributed by atoms with van der Waals surface area (Å²) in [6.07, 6.45) is 1.32. The van der Waals surface area contributed by atoms with E-state index in [0.29, 0.717) is 5.69 Å². The smallest absolute Gasteiger partial charge is 0.258 e. The van der Waals surface area contributed by atoms with E-state index in [1.807, 2.05) is 0 Å². The van der Waals surface area contributed by atoms with Crippen molar-refractivity contribution in [3.8, 4) is 0 Å². The first-order valence-corrected chi connectivity index (χ1v) is 5.94. The van der Waals surface area contributed by atoms with Gasteiger partial charge in [-0.05, 0) is 32.9 Å². The zero-order valence-electron chi connectivity index (χ0n) is 8.98. The van der Waals surface area contributed by atoms with Crippen LogP contribution in [0.2, 0.25) is 0 Å². The van der Waals surface area contributed by atoms with Gasteiger partial charge >= 0.3 is 0 Å². The van der Waals surface area contributed by atoms with Crippen molar-refractivity contribution in [3.05, 3.63) is 18.3 Å². The normalized spacial score (nSPS) is 12.7. The average Bonchev–Trinajstić information content (AvgIpc) is 2.00. The number of sulfonamides is 1. The Morgan fingerprint density at radius 3 is 2.33 bits per heavy atom. The van der Waals surface area contributed by atoms with Gasteiger partial charge in [0.15, 0.2) is 5.03 Å². The molecule has 1 aromatic rings. The molecule has 0 saturated carbocycles. The summed E-state index contributed by atoms with van der Waals surface area (Å²) < 4.78 is 26.0. The first kappa shape index (κ1) is 11.9. The molecule has 0 aliphatic carbocycles. The van der Waals surface area contributed by atoms with Gasteiger partial charge < -0.3 is 5.73 Å². The third-order valence-electron chi connectivity index (χ3n) is 1.48. The molecule has 0 fully saturated rings. The molecule has 1 aromatic heterocycles. The lowest BCUT2D eigenvalue weighted by Gasteiger charge is -2.19. The van der Waals surface area contributed by atoms with Gasteiger partial charge in [0.25, 0.3) is 10.0 Å². The first-order valence-electron chi connectivity index (χ1n) is 4.46. The fraction of sp³-hybridized carbons (Fsp3) is 0.444. The van der Waals surface area contributed by atoms with E-state index in [1.54, 1.807) is 20.8 Å². The lowest BCUT2D eigenvalue weighted by Crippen LogP contribution is -2.40. The third kappa shape index (κ3) is 3.49. The molecular formula is C9H15N3O2S. The van der Waals surface area contributed by atoms with Gasteiger partial charge in [0.05, 0.1) is 11.9 Å². The number of hydrogen-bond donors (Lipinski definition) is 2. The number of hydrogen-bond acceptors (Lipinski definition) is 4. The van der Waals surface area contributed by atoms with Crippen LogP contribution >= 0.6 is 0 Å². The van der Waals surface area contributed by atoms with E-state index in [2.05, 4.69) is 9.71 Å². The number of nitrogens with zero attached hydrogens (tertiary/aromatic N) is 1. The van der Waals surface area contributed by atoms with Crippen molar-refractivity contribution in [2.45, 2.75) is 31.3 Å². The van der Waals surface area contributed by atoms with E-state index in [9.17, 15) is 8.42 Å². The fourth-order valence-electron chi connectivity index (χ4n) is 1.01. The third-order valence-corrected chi connectivity index (χ3v) is 3.15. The van der Waals surface area contributed by atoms with Gasteiger partial charge in [0.1, 0.15) is 0 Å². The monoisotopic (exact) mass is 229 g/mol. The Bertz CT molecular complexity index is 431. The highest BCUT2D eigenvalue weighted by molar-refractivity contribution is 7.89. The van der Waals surface area contributed by atoms with Gasteiger partial charge in [-0.3, -0.25) is 0 Å². The molecule has 0 saturated heterocycles. The minimum absolute atomic E-state index is 0.0216. The summed E-state index contributed by atoms with van der Waals surface area (Å²) in [4.78, 5) is 3.76. The number of nitrogens with two attached hydrogens (primary N) is 1. The van der Waals surface area contributed by atoms with Crippen LogP contribution < -0.4 is 10.5 Å². The van der Waals surface area contributed by atoms with Crippen molar-refractivity contribution in [1.82, 2.24) is 9.71 Å². The number of nitrogens with one attached hydrogen (secondary N) is 1. The highest BCUT2D eigenvalue weighted by Crippen LogP contribution is 2.11. The first-order chi connectivity index (χ1) is 6.71. The molecule has 0 atom stereocenters. The number of anilines is 1. The number of rotatable bonds is 2. The molecule has 1 heterocycles. The average molecular weight is 229 g/mol.